The fourth-order valence-corrected chi connectivity index (χ4v) is 3.58. The van der Waals surface area contributed by atoms with Gasteiger partial charge in [0.25, 0.3) is 0 Å². The van der Waals surface area contributed by atoms with Crippen LogP contribution in [0, 0.1) is 17.2 Å². The topological polar surface area (TPSA) is 79.9 Å². The maximum absolute atomic E-state index is 13.2. The second-order valence-electron chi connectivity index (χ2n) is 7.93. The first kappa shape index (κ1) is 29.0. The van der Waals surface area contributed by atoms with Gasteiger partial charge in [0.1, 0.15) is 11.8 Å². The molecule has 2 aromatic carbocycles. The van der Waals surface area contributed by atoms with Crippen LogP contribution in [0.3, 0.4) is 0 Å². The molecular formula is C21H11F12N3O2. The van der Waals surface area contributed by atoms with E-state index in [2.05, 4.69) is 5.10 Å². The molecule has 1 aliphatic heterocycles. The molecule has 0 saturated carbocycles. The highest BCUT2D eigenvalue weighted by molar-refractivity contribution is 6.03. The van der Waals surface area contributed by atoms with Crippen LogP contribution in [0.5, 0.6) is 0 Å². The van der Waals surface area contributed by atoms with Gasteiger partial charge >= 0.3 is 24.7 Å². The van der Waals surface area contributed by atoms with Gasteiger partial charge < -0.3 is 10.2 Å². The SMILES string of the molecule is N#CC1=NN(c2cc(C(F)(F)F)cc(C(F)(F)F)c2)C(O)C1C(O)c1cc(C(F)(F)F)cc(C(F)(F)F)c1. The Hall–Kier alpha value is -3.52. The number of hydrazone groups is 1. The minimum atomic E-state index is -5.34. The molecule has 206 valence electrons. The Morgan fingerprint density at radius 3 is 1.42 bits per heavy atom. The molecule has 3 atom stereocenters. The number of aliphatic hydroxyl groups is 2. The molecule has 0 aliphatic carbocycles. The van der Waals surface area contributed by atoms with Gasteiger partial charge in [-0.25, -0.2) is 5.01 Å². The van der Waals surface area contributed by atoms with Crippen LogP contribution in [0.1, 0.15) is 33.9 Å². The highest BCUT2D eigenvalue weighted by Gasteiger charge is 2.46. The molecule has 0 saturated heterocycles. The van der Waals surface area contributed by atoms with E-state index in [4.69, 9.17) is 0 Å². The number of nitriles is 1. The molecular weight excluding hydrogens is 554 g/mol. The Bertz CT molecular complexity index is 1220. The molecule has 0 amide bonds. The van der Waals surface area contributed by atoms with E-state index in [0.717, 1.165) is 0 Å². The van der Waals surface area contributed by atoms with Gasteiger partial charge in [-0.2, -0.15) is 63.0 Å². The van der Waals surface area contributed by atoms with Crippen LogP contribution in [-0.4, -0.2) is 22.2 Å². The Balaban J connectivity index is 2.12. The number of hydrogen-bond acceptors (Lipinski definition) is 5. The van der Waals surface area contributed by atoms with E-state index in [-0.39, 0.29) is 41.4 Å². The number of benzene rings is 2. The van der Waals surface area contributed by atoms with Crippen LogP contribution in [-0.2, 0) is 24.7 Å². The van der Waals surface area contributed by atoms with Crippen molar-refractivity contribution < 1.29 is 62.9 Å². The fourth-order valence-electron chi connectivity index (χ4n) is 3.58. The molecule has 0 bridgehead atoms. The third-order valence-electron chi connectivity index (χ3n) is 5.35. The average molecular weight is 565 g/mol. The van der Waals surface area contributed by atoms with Gasteiger partial charge in [-0.1, -0.05) is 0 Å². The van der Waals surface area contributed by atoms with Crippen LogP contribution >= 0.6 is 0 Å². The van der Waals surface area contributed by atoms with E-state index in [1.807, 2.05) is 0 Å². The fraction of sp³-hybridized carbons (Fsp3) is 0.333. The maximum Gasteiger partial charge on any atom is 0.416 e. The van der Waals surface area contributed by atoms with Gasteiger partial charge in [-0.3, -0.25) is 0 Å². The lowest BCUT2D eigenvalue weighted by molar-refractivity contribution is -0.144. The molecule has 2 aromatic rings. The second kappa shape index (κ2) is 9.34. The molecule has 1 aliphatic rings. The zero-order chi connectivity index (χ0) is 29.0. The third-order valence-corrected chi connectivity index (χ3v) is 5.35. The van der Waals surface area contributed by atoms with Gasteiger partial charge in [-0.15, -0.1) is 0 Å². The summed E-state index contributed by atoms with van der Waals surface area (Å²) in [5.41, 5.74) is -10.6. The first-order chi connectivity index (χ1) is 17.1. The summed E-state index contributed by atoms with van der Waals surface area (Å²) < 4.78 is 158. The molecule has 17 heteroatoms. The van der Waals surface area contributed by atoms with Gasteiger partial charge in [0.2, 0.25) is 0 Å². The van der Waals surface area contributed by atoms with E-state index < -0.39 is 82.2 Å². The maximum atomic E-state index is 13.2. The number of anilines is 1. The highest BCUT2D eigenvalue weighted by Crippen LogP contribution is 2.43. The molecule has 3 unspecified atom stereocenters. The van der Waals surface area contributed by atoms with Crippen molar-refractivity contribution in [3.8, 4) is 6.07 Å². The summed E-state index contributed by atoms with van der Waals surface area (Å²) in [5, 5.41) is 33.9. The number of aliphatic hydroxyl groups excluding tert-OH is 2. The zero-order valence-electron chi connectivity index (χ0n) is 18.0. The Labute approximate surface area is 203 Å². The molecule has 5 nitrogen and oxygen atoms in total. The highest BCUT2D eigenvalue weighted by atomic mass is 19.4. The lowest BCUT2D eigenvalue weighted by Gasteiger charge is -2.27. The van der Waals surface area contributed by atoms with Crippen LogP contribution < -0.4 is 5.01 Å². The molecule has 1 heterocycles. The Morgan fingerprint density at radius 1 is 0.711 bits per heavy atom. The van der Waals surface area contributed by atoms with Crippen LogP contribution in [0.25, 0.3) is 0 Å². The predicted molar refractivity (Wildman–Crippen MR) is 103 cm³/mol. The standard InChI is InChI=1S/C21H11F12N3O2/c22-18(23,24)9-1-8(2-10(3-9)19(25,26)27)16(37)15-14(7-34)35-36(17(15)38)13-5-11(20(28,29)30)4-12(6-13)21(31,32)33/h1-6,15-17,37-38H. The average Bonchev–Trinajstić information content (AvgIpc) is 3.11. The quantitative estimate of drug-likeness (QED) is 0.439. The summed E-state index contributed by atoms with van der Waals surface area (Å²) in [5.74, 6) is -2.17. The van der Waals surface area contributed by atoms with E-state index in [9.17, 15) is 68.2 Å². The number of nitrogens with zero attached hydrogens (tertiary/aromatic N) is 3. The van der Waals surface area contributed by atoms with E-state index in [1.165, 1.54) is 6.07 Å². The van der Waals surface area contributed by atoms with E-state index in [1.54, 1.807) is 0 Å². The lowest BCUT2D eigenvalue weighted by atomic mass is 9.89. The predicted octanol–water partition coefficient (Wildman–Crippen LogP) is 6.13. The van der Waals surface area contributed by atoms with Crippen molar-refractivity contribution in [3.05, 3.63) is 64.2 Å². The van der Waals surface area contributed by atoms with Crippen molar-refractivity contribution in [1.82, 2.24) is 0 Å². The minimum absolute atomic E-state index is 0.0647. The summed E-state index contributed by atoms with van der Waals surface area (Å²) in [6.45, 7) is 0. The molecule has 0 fully saturated rings. The molecule has 3 rings (SSSR count). The summed E-state index contributed by atoms with van der Waals surface area (Å²) in [6, 6.07) is 1.13. The van der Waals surface area contributed by atoms with Crippen molar-refractivity contribution in [2.45, 2.75) is 37.0 Å². The third kappa shape index (κ3) is 5.80. The first-order valence-electron chi connectivity index (χ1n) is 9.87. The Kier molecular flexibility index (Phi) is 7.14. The van der Waals surface area contributed by atoms with E-state index >= 15 is 0 Å². The van der Waals surface area contributed by atoms with Crippen molar-refractivity contribution in [2.75, 3.05) is 5.01 Å². The smallest absolute Gasteiger partial charge is 0.388 e. The lowest BCUT2D eigenvalue weighted by Crippen LogP contribution is -2.37. The number of hydrogen-bond donors (Lipinski definition) is 2. The van der Waals surface area contributed by atoms with Crippen molar-refractivity contribution in [3.63, 3.8) is 0 Å². The van der Waals surface area contributed by atoms with E-state index in [0.29, 0.717) is 0 Å². The summed E-state index contributed by atoms with van der Waals surface area (Å²) in [4.78, 5) is 0. The monoisotopic (exact) mass is 565 g/mol. The Morgan fingerprint density at radius 2 is 1.08 bits per heavy atom. The van der Waals surface area contributed by atoms with Crippen molar-refractivity contribution >= 4 is 11.4 Å². The minimum Gasteiger partial charge on any atom is -0.388 e. The normalized spacial score (nSPS) is 19.8. The second-order valence-corrected chi connectivity index (χ2v) is 7.93. The summed E-state index contributed by atoms with van der Waals surface area (Å²) >= 11 is 0. The largest absolute Gasteiger partial charge is 0.416 e. The zero-order valence-corrected chi connectivity index (χ0v) is 18.0. The summed E-state index contributed by atoms with van der Waals surface area (Å²) in [7, 11) is 0. The summed E-state index contributed by atoms with van der Waals surface area (Å²) in [6.07, 6.45) is -26.3. The van der Waals surface area contributed by atoms with Crippen molar-refractivity contribution in [1.29, 1.82) is 5.26 Å². The van der Waals surface area contributed by atoms with Crippen molar-refractivity contribution in [2.24, 2.45) is 11.0 Å². The van der Waals surface area contributed by atoms with Gasteiger partial charge in [0.05, 0.1) is 40.0 Å². The number of rotatable bonds is 3. The number of halogens is 12. The van der Waals surface area contributed by atoms with Gasteiger partial charge in [0, 0.05) is 0 Å². The molecule has 0 spiro atoms. The van der Waals surface area contributed by atoms with Gasteiger partial charge in [-0.05, 0) is 42.0 Å². The van der Waals surface area contributed by atoms with Crippen LogP contribution in [0.4, 0.5) is 58.4 Å². The first-order valence-corrected chi connectivity index (χ1v) is 9.87. The number of alkyl halides is 12. The molecule has 38 heavy (non-hydrogen) atoms. The molecule has 0 aromatic heterocycles. The van der Waals surface area contributed by atoms with Crippen LogP contribution in [0.2, 0.25) is 0 Å². The molecule has 0 radical (unpaired) electrons. The van der Waals surface area contributed by atoms with Gasteiger partial charge in [0.15, 0.2) is 6.23 Å². The van der Waals surface area contributed by atoms with Crippen LogP contribution in [0.15, 0.2) is 41.5 Å². The molecule has 2 N–H and O–H groups in total.